The Balaban J connectivity index is 1.51. The average Bonchev–Trinajstić information content (AvgIpc) is 3.55. The van der Waals surface area contributed by atoms with Gasteiger partial charge in [0.05, 0.1) is 37.8 Å². The van der Waals surface area contributed by atoms with Gasteiger partial charge < -0.3 is 24.4 Å². The maximum Gasteiger partial charge on any atom is 0.238 e. The van der Waals surface area contributed by atoms with Gasteiger partial charge in [-0.05, 0) is 81.2 Å². The van der Waals surface area contributed by atoms with E-state index in [0.717, 1.165) is 11.1 Å². The van der Waals surface area contributed by atoms with Crippen LogP contribution in [0.5, 0.6) is 17.2 Å². The maximum atomic E-state index is 15.1. The first kappa shape index (κ1) is 28.9. The number of ketones is 2. The van der Waals surface area contributed by atoms with E-state index in [4.69, 9.17) is 14.2 Å². The quantitative estimate of drug-likeness (QED) is 0.227. The summed E-state index contributed by atoms with van der Waals surface area (Å²) in [5, 5.41) is 3.07. The highest BCUT2D eigenvalue weighted by atomic mass is 79.9. The van der Waals surface area contributed by atoms with E-state index in [9.17, 15) is 9.59 Å². The minimum Gasteiger partial charge on any atom is -0.496 e. The van der Waals surface area contributed by atoms with Gasteiger partial charge in [0.15, 0.2) is 23.1 Å². The van der Waals surface area contributed by atoms with Gasteiger partial charge in [0.25, 0.3) is 0 Å². The van der Waals surface area contributed by atoms with Crippen LogP contribution in [-0.4, -0.2) is 49.7 Å². The van der Waals surface area contributed by atoms with Crippen molar-refractivity contribution in [1.29, 1.82) is 0 Å². The zero-order chi connectivity index (χ0) is 31.5. The summed E-state index contributed by atoms with van der Waals surface area (Å²) < 4.78 is 17.0. The predicted molar refractivity (Wildman–Crippen MR) is 173 cm³/mol. The van der Waals surface area contributed by atoms with Crippen LogP contribution in [0, 0.1) is 5.92 Å². The molecule has 0 bridgehead atoms. The molecule has 3 heterocycles. The predicted octanol–water partition coefficient (Wildman–Crippen LogP) is 6.46. The molecule has 45 heavy (non-hydrogen) atoms. The lowest BCUT2D eigenvalue weighted by molar-refractivity contribution is -0.122. The number of amides is 1. The van der Waals surface area contributed by atoms with Crippen LogP contribution in [0.2, 0.25) is 0 Å². The standard InChI is InChI=1S/C36H29BrN2O6/c1-43-27-14-12-21(18-25(27)37)33(41)31-30(32(40)22-13-15-28(44-2)29(19-22)45-3)36(24-10-6-7-11-26(24)38-35(36)42)34-23-9-5-4-8-20(23)16-17-39(31)34/h4-19,30-31,34H,1-3H3,(H,38,42)/t30-,31-,34-,36-/m1/s1. The lowest BCUT2D eigenvalue weighted by Gasteiger charge is -2.38. The summed E-state index contributed by atoms with van der Waals surface area (Å²) in [6.45, 7) is 0. The molecule has 1 spiro atoms. The first-order valence-electron chi connectivity index (χ1n) is 14.4. The summed E-state index contributed by atoms with van der Waals surface area (Å²) in [6, 6.07) is 23.6. The van der Waals surface area contributed by atoms with Crippen molar-refractivity contribution >= 4 is 45.2 Å². The molecule has 9 heteroatoms. The smallest absolute Gasteiger partial charge is 0.238 e. The molecule has 1 N–H and O–H groups in total. The molecule has 1 fully saturated rings. The minimum atomic E-state index is -1.44. The lowest BCUT2D eigenvalue weighted by Crippen LogP contribution is -2.49. The Morgan fingerprint density at radius 2 is 1.47 bits per heavy atom. The van der Waals surface area contributed by atoms with Crippen LogP contribution in [0.4, 0.5) is 5.69 Å². The van der Waals surface area contributed by atoms with Crippen molar-refractivity contribution in [3.05, 3.63) is 123 Å². The summed E-state index contributed by atoms with van der Waals surface area (Å²) in [5.74, 6) is -0.682. The molecule has 0 aliphatic carbocycles. The Hall–Kier alpha value is -4.89. The molecule has 0 saturated carbocycles. The number of hydrogen-bond donors (Lipinski definition) is 1. The number of anilines is 1. The molecular formula is C36H29BrN2O6. The molecule has 8 nitrogen and oxygen atoms in total. The number of rotatable bonds is 7. The van der Waals surface area contributed by atoms with Gasteiger partial charge in [0.2, 0.25) is 5.91 Å². The second-order valence-electron chi connectivity index (χ2n) is 11.2. The number of benzene rings is 4. The Kier molecular flexibility index (Phi) is 7.00. The van der Waals surface area contributed by atoms with Crippen molar-refractivity contribution in [2.45, 2.75) is 17.5 Å². The van der Waals surface area contributed by atoms with Gasteiger partial charge in [-0.2, -0.15) is 0 Å². The number of fused-ring (bicyclic) bond motifs is 6. The van der Waals surface area contributed by atoms with Crippen LogP contribution in [0.25, 0.3) is 6.08 Å². The zero-order valence-electron chi connectivity index (χ0n) is 24.7. The number of nitrogens with one attached hydrogen (secondary N) is 1. The molecule has 3 aliphatic heterocycles. The highest BCUT2D eigenvalue weighted by Gasteiger charge is 2.70. The fraction of sp³-hybridized carbons (Fsp3) is 0.194. The van der Waals surface area contributed by atoms with Gasteiger partial charge in [0, 0.05) is 23.0 Å². The van der Waals surface area contributed by atoms with Crippen molar-refractivity contribution in [2.24, 2.45) is 5.92 Å². The number of para-hydroxylation sites is 1. The first-order valence-corrected chi connectivity index (χ1v) is 15.2. The number of carbonyl (C=O) groups is 3. The monoisotopic (exact) mass is 664 g/mol. The van der Waals surface area contributed by atoms with E-state index >= 15 is 4.79 Å². The third kappa shape index (κ3) is 4.14. The molecule has 226 valence electrons. The summed E-state index contributed by atoms with van der Waals surface area (Å²) in [5.41, 5.74) is 2.34. The van der Waals surface area contributed by atoms with E-state index in [1.165, 1.54) is 14.2 Å². The highest BCUT2D eigenvalue weighted by Crippen LogP contribution is 2.62. The third-order valence-electron chi connectivity index (χ3n) is 9.23. The van der Waals surface area contributed by atoms with Crippen molar-refractivity contribution in [3.63, 3.8) is 0 Å². The number of Topliss-reactive ketones (excluding diaryl/α,β-unsaturated/α-hetero) is 2. The lowest BCUT2D eigenvalue weighted by atomic mass is 9.62. The number of nitrogens with zero attached hydrogens (tertiary/aromatic N) is 1. The van der Waals surface area contributed by atoms with Crippen LogP contribution < -0.4 is 19.5 Å². The average molecular weight is 666 g/mol. The van der Waals surface area contributed by atoms with Crippen LogP contribution >= 0.6 is 15.9 Å². The Morgan fingerprint density at radius 3 is 2.20 bits per heavy atom. The maximum absolute atomic E-state index is 15.1. The summed E-state index contributed by atoms with van der Waals surface area (Å²) in [6.07, 6.45) is 3.79. The number of methoxy groups -OCH3 is 3. The van der Waals surface area contributed by atoms with E-state index in [1.807, 2.05) is 65.7 Å². The molecule has 0 unspecified atom stereocenters. The molecule has 4 atom stereocenters. The van der Waals surface area contributed by atoms with Gasteiger partial charge in [0.1, 0.15) is 17.2 Å². The summed E-state index contributed by atoms with van der Waals surface area (Å²) in [4.78, 5) is 46.5. The molecule has 7 rings (SSSR count). The van der Waals surface area contributed by atoms with Gasteiger partial charge in [-0.25, -0.2) is 0 Å². The summed E-state index contributed by atoms with van der Waals surface area (Å²) in [7, 11) is 4.57. The van der Waals surface area contributed by atoms with Gasteiger partial charge in [-0.3, -0.25) is 14.4 Å². The van der Waals surface area contributed by atoms with Crippen molar-refractivity contribution in [3.8, 4) is 17.2 Å². The molecule has 0 aromatic heterocycles. The minimum absolute atomic E-state index is 0.291. The molecule has 4 aromatic carbocycles. The van der Waals surface area contributed by atoms with E-state index in [-0.39, 0.29) is 17.5 Å². The number of ether oxygens (including phenoxy) is 3. The molecule has 0 radical (unpaired) electrons. The Labute approximate surface area is 268 Å². The molecule has 4 aromatic rings. The fourth-order valence-electron chi connectivity index (χ4n) is 7.33. The second-order valence-corrected chi connectivity index (χ2v) is 12.1. The molecule has 1 saturated heterocycles. The second kappa shape index (κ2) is 10.9. The SMILES string of the molecule is COc1ccc(C(=O)[C@H]2[C@H](C(=O)c3ccc(OC)c(OC)c3)[C@@]3(C(=O)Nc4ccccc43)[C@H]3c4ccccc4C=CN23)cc1Br. The number of halogens is 1. The van der Waals surface area contributed by atoms with Crippen molar-refractivity contribution in [2.75, 3.05) is 26.6 Å². The van der Waals surface area contributed by atoms with Crippen molar-refractivity contribution in [1.82, 2.24) is 4.90 Å². The topological polar surface area (TPSA) is 94.2 Å². The van der Waals surface area contributed by atoms with Crippen LogP contribution in [0.1, 0.15) is 43.4 Å². The zero-order valence-corrected chi connectivity index (χ0v) is 26.3. The van der Waals surface area contributed by atoms with E-state index < -0.39 is 23.4 Å². The highest BCUT2D eigenvalue weighted by molar-refractivity contribution is 9.10. The molecule has 3 aliphatic rings. The third-order valence-corrected chi connectivity index (χ3v) is 9.85. The van der Waals surface area contributed by atoms with Gasteiger partial charge in [-0.1, -0.05) is 42.5 Å². The van der Waals surface area contributed by atoms with Crippen LogP contribution in [0.3, 0.4) is 0 Å². The molecule has 1 amide bonds. The number of carbonyl (C=O) groups excluding carboxylic acids is 3. The first-order chi connectivity index (χ1) is 21.8. The number of hydrogen-bond acceptors (Lipinski definition) is 7. The van der Waals surface area contributed by atoms with Gasteiger partial charge >= 0.3 is 0 Å². The van der Waals surface area contributed by atoms with Crippen LogP contribution in [0.15, 0.2) is 95.6 Å². The van der Waals surface area contributed by atoms with Crippen molar-refractivity contribution < 1.29 is 28.6 Å². The fourth-order valence-corrected chi connectivity index (χ4v) is 7.87. The van der Waals surface area contributed by atoms with Crippen LogP contribution in [-0.2, 0) is 10.2 Å². The molecular weight excluding hydrogens is 636 g/mol. The van der Waals surface area contributed by atoms with E-state index in [1.54, 1.807) is 43.5 Å². The van der Waals surface area contributed by atoms with Gasteiger partial charge in [-0.15, -0.1) is 0 Å². The normalized spacial score (nSPS) is 22.4. The summed E-state index contributed by atoms with van der Waals surface area (Å²) >= 11 is 3.51. The van der Waals surface area contributed by atoms with E-state index in [2.05, 4.69) is 21.2 Å². The largest absolute Gasteiger partial charge is 0.496 e. The van der Waals surface area contributed by atoms with E-state index in [0.29, 0.717) is 44.1 Å². The Morgan fingerprint density at radius 1 is 0.800 bits per heavy atom. The Bertz CT molecular complexity index is 1920.